The van der Waals surface area contributed by atoms with E-state index in [9.17, 15) is 4.79 Å². The third-order valence-electron chi connectivity index (χ3n) is 5.08. The topological polar surface area (TPSA) is 57.2 Å². The van der Waals surface area contributed by atoms with Crippen molar-refractivity contribution in [1.29, 1.82) is 0 Å². The van der Waals surface area contributed by atoms with Crippen LogP contribution in [0.1, 0.15) is 31.7 Å². The highest BCUT2D eigenvalue weighted by Gasteiger charge is 2.43. The van der Waals surface area contributed by atoms with Crippen LogP contribution in [0.2, 0.25) is 5.02 Å². The highest BCUT2D eigenvalue weighted by molar-refractivity contribution is 6.31. The van der Waals surface area contributed by atoms with Crippen LogP contribution in [-0.2, 0) is 20.8 Å². The van der Waals surface area contributed by atoms with E-state index in [2.05, 4.69) is 4.90 Å². The molecule has 0 aromatic heterocycles. The van der Waals surface area contributed by atoms with E-state index in [0.717, 1.165) is 30.7 Å². The van der Waals surface area contributed by atoms with Gasteiger partial charge < -0.3 is 18.9 Å². The van der Waals surface area contributed by atoms with Crippen molar-refractivity contribution >= 4 is 17.6 Å². The fourth-order valence-electron chi connectivity index (χ4n) is 3.74. The Labute approximate surface area is 159 Å². The number of halogens is 1. The molecule has 1 aromatic carbocycles. The number of piperidine rings is 1. The van der Waals surface area contributed by atoms with E-state index in [1.54, 1.807) is 13.2 Å². The van der Waals surface area contributed by atoms with Gasteiger partial charge in [0.1, 0.15) is 0 Å². The van der Waals surface area contributed by atoms with Gasteiger partial charge in [-0.1, -0.05) is 11.6 Å². The molecule has 144 valence electrons. The Morgan fingerprint density at radius 1 is 1.35 bits per heavy atom. The van der Waals surface area contributed by atoms with E-state index < -0.39 is 5.41 Å². The van der Waals surface area contributed by atoms with Gasteiger partial charge in [0.2, 0.25) is 6.79 Å². The maximum Gasteiger partial charge on any atom is 0.313 e. The maximum absolute atomic E-state index is 12.7. The lowest BCUT2D eigenvalue weighted by molar-refractivity contribution is -0.160. The number of rotatable bonds is 7. The quantitative estimate of drug-likeness (QED) is 0.674. The van der Waals surface area contributed by atoms with Crippen molar-refractivity contribution in [3.8, 4) is 11.5 Å². The van der Waals surface area contributed by atoms with Crippen molar-refractivity contribution in [2.75, 3.05) is 40.2 Å². The molecule has 2 heterocycles. The largest absolute Gasteiger partial charge is 0.466 e. The summed E-state index contributed by atoms with van der Waals surface area (Å²) in [4.78, 5) is 14.9. The van der Waals surface area contributed by atoms with E-state index in [4.69, 9.17) is 30.5 Å². The van der Waals surface area contributed by atoms with Gasteiger partial charge in [-0.2, -0.15) is 0 Å². The van der Waals surface area contributed by atoms with Gasteiger partial charge in [-0.15, -0.1) is 0 Å². The normalized spacial score (nSPS) is 22.4. The molecule has 3 rings (SSSR count). The molecule has 1 atom stereocenters. The molecule has 0 spiro atoms. The zero-order valence-electron chi connectivity index (χ0n) is 15.4. The Kier molecular flexibility index (Phi) is 6.27. The molecule has 26 heavy (non-hydrogen) atoms. The molecule has 1 fully saturated rings. The summed E-state index contributed by atoms with van der Waals surface area (Å²) in [7, 11) is 1.66. The lowest BCUT2D eigenvalue weighted by Gasteiger charge is -2.41. The van der Waals surface area contributed by atoms with E-state index >= 15 is 0 Å². The SMILES string of the molecule is CCOC(=O)[C@@]1(CCOC)CCCN(Cc2cc3c(cc2Cl)OCO3)C1. The molecular weight excluding hydrogens is 358 g/mol. The van der Waals surface area contributed by atoms with E-state index in [-0.39, 0.29) is 12.8 Å². The first-order valence-corrected chi connectivity index (χ1v) is 9.42. The number of ether oxygens (including phenoxy) is 4. The number of hydrogen-bond donors (Lipinski definition) is 0. The average molecular weight is 384 g/mol. The molecule has 1 saturated heterocycles. The fraction of sp³-hybridized carbons (Fsp3) is 0.632. The van der Waals surface area contributed by atoms with Crippen LogP contribution in [0.25, 0.3) is 0 Å². The Hall–Kier alpha value is -1.50. The maximum atomic E-state index is 12.7. The van der Waals surface area contributed by atoms with E-state index in [1.807, 2.05) is 13.0 Å². The summed E-state index contributed by atoms with van der Waals surface area (Å²) in [6.45, 7) is 5.21. The van der Waals surface area contributed by atoms with Crippen molar-refractivity contribution < 1.29 is 23.7 Å². The number of carbonyl (C=O) groups is 1. The zero-order chi connectivity index (χ0) is 18.6. The molecule has 0 amide bonds. The Morgan fingerprint density at radius 3 is 2.85 bits per heavy atom. The summed E-state index contributed by atoms with van der Waals surface area (Å²) in [6, 6.07) is 3.73. The predicted octanol–water partition coefficient (Wildman–Crippen LogP) is 3.25. The Balaban J connectivity index is 1.75. The van der Waals surface area contributed by atoms with Gasteiger partial charge in [0, 0.05) is 37.9 Å². The third-order valence-corrected chi connectivity index (χ3v) is 5.44. The zero-order valence-corrected chi connectivity index (χ0v) is 16.1. The number of likely N-dealkylation sites (tertiary alicyclic amines) is 1. The smallest absolute Gasteiger partial charge is 0.313 e. The van der Waals surface area contributed by atoms with E-state index in [1.165, 1.54) is 0 Å². The number of carbonyl (C=O) groups excluding carboxylic acids is 1. The van der Waals surface area contributed by atoms with Crippen LogP contribution >= 0.6 is 11.6 Å². The van der Waals surface area contributed by atoms with Crippen LogP contribution in [0.3, 0.4) is 0 Å². The minimum Gasteiger partial charge on any atom is -0.466 e. The van der Waals surface area contributed by atoms with Crippen molar-refractivity contribution in [3.05, 3.63) is 22.7 Å². The van der Waals surface area contributed by atoms with Crippen LogP contribution in [0.15, 0.2) is 12.1 Å². The summed E-state index contributed by atoms with van der Waals surface area (Å²) in [5, 5.41) is 0.651. The van der Waals surface area contributed by atoms with Crippen LogP contribution in [0, 0.1) is 5.41 Å². The van der Waals surface area contributed by atoms with Gasteiger partial charge in [-0.25, -0.2) is 0 Å². The summed E-state index contributed by atoms with van der Waals surface area (Å²) >= 11 is 6.42. The standard InChI is InChI=1S/C19H26ClNO5/c1-3-24-18(22)19(6-8-23-2)5-4-7-21(12-19)11-14-9-16-17(10-15(14)20)26-13-25-16/h9-10H,3-8,11-13H2,1-2H3/t19-/m1/s1. The van der Waals surface area contributed by atoms with Gasteiger partial charge in [0.25, 0.3) is 0 Å². The van der Waals surface area contributed by atoms with Crippen molar-refractivity contribution in [1.82, 2.24) is 4.90 Å². The second-order valence-corrected chi connectivity index (χ2v) is 7.26. The first-order chi connectivity index (χ1) is 12.6. The number of hydrogen-bond acceptors (Lipinski definition) is 6. The lowest BCUT2D eigenvalue weighted by Crippen LogP contribution is -2.48. The monoisotopic (exact) mass is 383 g/mol. The molecule has 1 aromatic rings. The fourth-order valence-corrected chi connectivity index (χ4v) is 3.95. The van der Waals surface area contributed by atoms with Crippen LogP contribution in [0.4, 0.5) is 0 Å². The summed E-state index contributed by atoms with van der Waals surface area (Å²) in [5.41, 5.74) is 0.454. The summed E-state index contributed by atoms with van der Waals surface area (Å²) in [6.07, 6.45) is 2.42. The molecule has 0 bridgehead atoms. The Morgan fingerprint density at radius 2 is 2.12 bits per heavy atom. The van der Waals surface area contributed by atoms with Gasteiger partial charge in [-0.05, 0) is 44.4 Å². The minimum absolute atomic E-state index is 0.126. The minimum atomic E-state index is -0.521. The van der Waals surface area contributed by atoms with Crippen LogP contribution in [-0.4, -0.2) is 51.1 Å². The molecule has 0 aliphatic carbocycles. The van der Waals surface area contributed by atoms with Gasteiger partial charge in [-0.3, -0.25) is 9.69 Å². The second-order valence-electron chi connectivity index (χ2n) is 6.85. The van der Waals surface area contributed by atoms with Crippen molar-refractivity contribution in [2.24, 2.45) is 5.41 Å². The van der Waals surface area contributed by atoms with Gasteiger partial charge in [0.15, 0.2) is 11.5 Å². The first-order valence-electron chi connectivity index (χ1n) is 9.04. The Bertz CT molecular complexity index is 653. The summed E-state index contributed by atoms with van der Waals surface area (Å²) < 4.78 is 21.4. The van der Waals surface area contributed by atoms with Gasteiger partial charge in [0.05, 0.1) is 12.0 Å². The number of benzene rings is 1. The first kappa shape index (κ1) is 19.3. The number of fused-ring (bicyclic) bond motifs is 1. The highest BCUT2D eigenvalue weighted by Crippen LogP contribution is 2.39. The molecule has 7 heteroatoms. The number of esters is 1. The number of nitrogens with zero attached hydrogens (tertiary/aromatic N) is 1. The molecule has 0 N–H and O–H groups in total. The molecule has 0 unspecified atom stereocenters. The molecule has 6 nitrogen and oxygen atoms in total. The molecule has 2 aliphatic rings. The predicted molar refractivity (Wildman–Crippen MR) is 97.6 cm³/mol. The molecule has 0 radical (unpaired) electrons. The van der Waals surface area contributed by atoms with Crippen molar-refractivity contribution in [3.63, 3.8) is 0 Å². The lowest BCUT2D eigenvalue weighted by atomic mass is 9.77. The second kappa shape index (κ2) is 8.46. The third kappa shape index (κ3) is 4.08. The summed E-state index contributed by atoms with van der Waals surface area (Å²) in [5.74, 6) is 1.27. The van der Waals surface area contributed by atoms with Gasteiger partial charge >= 0.3 is 5.97 Å². The number of methoxy groups -OCH3 is 1. The average Bonchev–Trinajstić information content (AvgIpc) is 3.08. The molecule has 0 saturated carbocycles. The highest BCUT2D eigenvalue weighted by atomic mass is 35.5. The van der Waals surface area contributed by atoms with Crippen LogP contribution in [0.5, 0.6) is 11.5 Å². The molecule has 2 aliphatic heterocycles. The van der Waals surface area contributed by atoms with Crippen LogP contribution < -0.4 is 9.47 Å². The van der Waals surface area contributed by atoms with Crippen molar-refractivity contribution in [2.45, 2.75) is 32.7 Å². The van der Waals surface area contributed by atoms with E-state index in [0.29, 0.717) is 43.5 Å². The molecular formula is C19H26ClNO5.